The molecule has 0 fully saturated rings. The van der Waals surface area contributed by atoms with Crippen LogP contribution < -0.4 is 4.74 Å². The van der Waals surface area contributed by atoms with Crippen LogP contribution >= 0.6 is 0 Å². The summed E-state index contributed by atoms with van der Waals surface area (Å²) in [4.78, 5) is 0. The molecular weight excluding hydrogens is 471 g/mol. The molecule has 0 saturated heterocycles. The molecule has 4 aromatic carbocycles. The van der Waals surface area contributed by atoms with Crippen molar-refractivity contribution in [1.82, 2.24) is 0 Å². The molecule has 0 bridgehead atoms. The first kappa shape index (κ1) is 25.4. The van der Waals surface area contributed by atoms with E-state index in [0.29, 0.717) is 40.3 Å². The van der Waals surface area contributed by atoms with E-state index in [4.69, 9.17) is 4.74 Å². The first-order valence-electron chi connectivity index (χ1n) is 11.6. The van der Waals surface area contributed by atoms with Crippen molar-refractivity contribution in [2.24, 2.45) is 0 Å². The molecular formula is C30H25F5O. The lowest BCUT2D eigenvalue weighted by atomic mass is 9.96. The molecule has 0 aliphatic carbocycles. The van der Waals surface area contributed by atoms with E-state index in [1.807, 2.05) is 12.1 Å². The topological polar surface area (TPSA) is 9.23 Å². The lowest BCUT2D eigenvalue weighted by Gasteiger charge is -2.11. The van der Waals surface area contributed by atoms with Gasteiger partial charge < -0.3 is 4.74 Å². The molecule has 36 heavy (non-hydrogen) atoms. The molecule has 4 aromatic rings. The van der Waals surface area contributed by atoms with Gasteiger partial charge in [0.2, 0.25) is 0 Å². The minimum Gasteiger partial charge on any atom is -0.484 e. The predicted molar refractivity (Wildman–Crippen MR) is 133 cm³/mol. The Morgan fingerprint density at radius 2 is 1.53 bits per heavy atom. The van der Waals surface area contributed by atoms with Crippen LogP contribution in [0.4, 0.5) is 22.0 Å². The summed E-state index contributed by atoms with van der Waals surface area (Å²) in [6.07, 6.45) is -0.153. The molecule has 0 amide bonds. The van der Waals surface area contributed by atoms with Crippen molar-refractivity contribution in [3.63, 3.8) is 0 Å². The molecule has 0 aliphatic rings. The smallest absolute Gasteiger partial charge is 0.422 e. The Kier molecular flexibility index (Phi) is 7.73. The van der Waals surface area contributed by atoms with E-state index in [1.54, 1.807) is 48.5 Å². The summed E-state index contributed by atoms with van der Waals surface area (Å²) in [6, 6.07) is 20.2. The Balaban J connectivity index is 1.46. The van der Waals surface area contributed by atoms with E-state index < -0.39 is 12.8 Å². The molecule has 0 radical (unpaired) electrons. The Hall–Kier alpha value is -3.67. The van der Waals surface area contributed by atoms with Gasteiger partial charge in [0.1, 0.15) is 17.4 Å². The third-order valence-corrected chi connectivity index (χ3v) is 6.02. The highest BCUT2D eigenvalue weighted by Gasteiger charge is 2.28. The first-order chi connectivity index (χ1) is 17.2. The van der Waals surface area contributed by atoms with Gasteiger partial charge in [-0.15, -0.1) is 6.58 Å². The lowest BCUT2D eigenvalue weighted by Crippen LogP contribution is -2.19. The summed E-state index contributed by atoms with van der Waals surface area (Å²) in [5.74, 6) is -0.515. The van der Waals surface area contributed by atoms with Crippen LogP contribution in [-0.4, -0.2) is 12.8 Å². The second-order valence-corrected chi connectivity index (χ2v) is 8.66. The van der Waals surface area contributed by atoms with Crippen LogP contribution in [0.25, 0.3) is 21.9 Å². The van der Waals surface area contributed by atoms with Crippen LogP contribution in [0.5, 0.6) is 5.75 Å². The van der Waals surface area contributed by atoms with Crippen LogP contribution in [0.15, 0.2) is 85.5 Å². The highest BCUT2D eigenvalue weighted by Crippen LogP contribution is 2.30. The monoisotopic (exact) mass is 496 g/mol. The number of halogens is 5. The van der Waals surface area contributed by atoms with Crippen molar-refractivity contribution in [3.05, 3.63) is 114 Å². The summed E-state index contributed by atoms with van der Waals surface area (Å²) in [5.41, 5.74) is 3.43. The van der Waals surface area contributed by atoms with E-state index in [1.165, 1.54) is 18.2 Å². The zero-order chi connectivity index (χ0) is 25.7. The van der Waals surface area contributed by atoms with Gasteiger partial charge in [0, 0.05) is 10.9 Å². The summed E-state index contributed by atoms with van der Waals surface area (Å²) < 4.78 is 71.5. The van der Waals surface area contributed by atoms with Crippen molar-refractivity contribution >= 4 is 10.8 Å². The van der Waals surface area contributed by atoms with Crippen LogP contribution in [0.3, 0.4) is 0 Å². The summed E-state index contributed by atoms with van der Waals surface area (Å²) >= 11 is 0. The fourth-order valence-corrected chi connectivity index (χ4v) is 4.11. The van der Waals surface area contributed by atoms with Crippen LogP contribution in [-0.2, 0) is 19.3 Å². The van der Waals surface area contributed by atoms with Gasteiger partial charge in [-0.3, -0.25) is 0 Å². The largest absolute Gasteiger partial charge is 0.484 e. The number of hydrogen-bond donors (Lipinski definition) is 0. The molecule has 0 spiro atoms. The fraction of sp³-hybridized carbons (Fsp3) is 0.200. The number of ether oxygens (including phenoxy) is 1. The molecule has 0 N–H and O–H groups in total. The van der Waals surface area contributed by atoms with Crippen molar-refractivity contribution in [3.8, 4) is 16.9 Å². The van der Waals surface area contributed by atoms with Crippen LogP contribution in [0.2, 0.25) is 0 Å². The van der Waals surface area contributed by atoms with Gasteiger partial charge in [-0.2, -0.15) is 13.2 Å². The van der Waals surface area contributed by atoms with Crippen molar-refractivity contribution in [2.45, 2.75) is 31.9 Å². The molecule has 0 unspecified atom stereocenters. The molecule has 0 aromatic heterocycles. The van der Waals surface area contributed by atoms with Gasteiger partial charge in [0.15, 0.2) is 6.61 Å². The van der Waals surface area contributed by atoms with Crippen molar-refractivity contribution < 1.29 is 26.7 Å². The third kappa shape index (κ3) is 6.30. The van der Waals surface area contributed by atoms with E-state index in [0.717, 1.165) is 24.0 Å². The zero-order valence-electron chi connectivity index (χ0n) is 19.5. The predicted octanol–water partition coefficient (Wildman–Crippen LogP) is 8.63. The minimum absolute atomic E-state index is 0.131. The Morgan fingerprint density at radius 1 is 0.778 bits per heavy atom. The maximum atomic E-state index is 15.2. The van der Waals surface area contributed by atoms with Crippen molar-refractivity contribution in [1.29, 1.82) is 0 Å². The molecule has 0 heterocycles. The molecule has 6 heteroatoms. The number of aryl methyl sites for hydroxylation is 3. The average Bonchev–Trinajstić information content (AvgIpc) is 2.86. The Labute approximate surface area is 206 Å². The minimum atomic E-state index is -4.39. The number of hydrogen-bond acceptors (Lipinski definition) is 1. The second kappa shape index (κ2) is 10.9. The van der Waals surface area contributed by atoms with E-state index in [9.17, 15) is 17.6 Å². The van der Waals surface area contributed by atoms with Gasteiger partial charge in [0.25, 0.3) is 0 Å². The number of fused-ring (bicyclic) bond motifs is 1. The first-order valence-corrected chi connectivity index (χ1v) is 11.6. The van der Waals surface area contributed by atoms with Gasteiger partial charge in [0.05, 0.1) is 0 Å². The van der Waals surface area contributed by atoms with Crippen LogP contribution in [0.1, 0.15) is 23.1 Å². The molecule has 4 rings (SSSR count). The SMILES string of the molecule is C=CCCc1ccc(-c2ccc3c(F)c(CCc4ccc(OCC(F)(F)F)cc4)ccc3c2)c(F)c1. The maximum absolute atomic E-state index is 15.2. The second-order valence-electron chi connectivity index (χ2n) is 8.66. The maximum Gasteiger partial charge on any atom is 0.422 e. The molecule has 0 aliphatic heterocycles. The highest BCUT2D eigenvalue weighted by molar-refractivity contribution is 5.88. The standard InChI is InChI=1S/C30H25F5O/c1-2-3-4-21-8-15-26(28(31)17-21)23-12-16-27-24(18-23)11-10-22(29(27)32)9-5-20-6-13-25(14-7-20)36-19-30(33,34)35/h2,6-8,10-18H,1,3-5,9,19H2. The summed E-state index contributed by atoms with van der Waals surface area (Å²) in [6.45, 7) is 2.34. The van der Waals surface area contributed by atoms with Gasteiger partial charge in [-0.1, -0.05) is 54.6 Å². The van der Waals surface area contributed by atoms with Gasteiger partial charge in [-0.25, -0.2) is 8.78 Å². The highest BCUT2D eigenvalue weighted by atomic mass is 19.4. The molecule has 0 atom stereocenters. The number of rotatable bonds is 9. The number of allylic oxidation sites excluding steroid dienone is 1. The molecule has 0 saturated carbocycles. The van der Waals surface area contributed by atoms with Gasteiger partial charge >= 0.3 is 6.18 Å². The van der Waals surface area contributed by atoms with E-state index in [2.05, 4.69) is 6.58 Å². The normalized spacial score (nSPS) is 11.6. The molecule has 1 nitrogen and oxygen atoms in total. The third-order valence-electron chi connectivity index (χ3n) is 6.02. The van der Waals surface area contributed by atoms with Crippen LogP contribution in [0, 0.1) is 11.6 Å². The fourth-order valence-electron chi connectivity index (χ4n) is 4.11. The van der Waals surface area contributed by atoms with Gasteiger partial charge in [-0.05, 0) is 77.6 Å². The quantitative estimate of drug-likeness (QED) is 0.166. The summed E-state index contributed by atoms with van der Waals surface area (Å²) in [5, 5.41) is 1.13. The molecule has 186 valence electrons. The van der Waals surface area contributed by atoms with Crippen molar-refractivity contribution in [2.75, 3.05) is 6.61 Å². The van der Waals surface area contributed by atoms with E-state index in [-0.39, 0.29) is 17.4 Å². The zero-order valence-corrected chi connectivity index (χ0v) is 19.5. The number of alkyl halides is 3. The lowest BCUT2D eigenvalue weighted by molar-refractivity contribution is -0.153. The summed E-state index contributed by atoms with van der Waals surface area (Å²) in [7, 11) is 0. The Bertz CT molecular complexity index is 1360. The Morgan fingerprint density at radius 3 is 2.22 bits per heavy atom. The number of benzene rings is 4. The average molecular weight is 497 g/mol. The van der Waals surface area contributed by atoms with E-state index >= 15 is 4.39 Å².